The molecule has 29 heavy (non-hydrogen) atoms. The third-order valence-corrected chi connectivity index (χ3v) is 4.40. The van der Waals surface area contributed by atoms with Gasteiger partial charge in [0.2, 0.25) is 5.88 Å². The number of fused-ring (bicyclic) bond motifs is 1. The Balaban J connectivity index is 1.55. The zero-order valence-electron chi connectivity index (χ0n) is 16.0. The monoisotopic (exact) mass is 386 g/mol. The van der Waals surface area contributed by atoms with E-state index in [2.05, 4.69) is 26.3 Å². The first kappa shape index (κ1) is 18.3. The molecule has 4 aromatic rings. The first-order valence-corrected chi connectivity index (χ1v) is 8.90. The van der Waals surface area contributed by atoms with Gasteiger partial charge in [-0.1, -0.05) is 0 Å². The Kier molecular flexibility index (Phi) is 4.95. The van der Waals surface area contributed by atoms with Crippen LogP contribution in [0.2, 0.25) is 0 Å². The lowest BCUT2D eigenvalue weighted by Crippen LogP contribution is -2.00. The minimum absolute atomic E-state index is 0.309. The van der Waals surface area contributed by atoms with Crippen LogP contribution in [0.1, 0.15) is 11.3 Å². The van der Waals surface area contributed by atoms with Crippen LogP contribution in [-0.2, 0) is 6.61 Å². The molecule has 0 aliphatic carbocycles. The molecule has 4 rings (SSSR count). The van der Waals surface area contributed by atoms with E-state index in [4.69, 9.17) is 14.7 Å². The second kappa shape index (κ2) is 7.86. The number of anilines is 1. The van der Waals surface area contributed by atoms with Crippen LogP contribution >= 0.6 is 0 Å². The number of nitrogens with zero attached hydrogens (tertiary/aromatic N) is 5. The van der Waals surface area contributed by atoms with Crippen molar-refractivity contribution in [1.82, 2.24) is 19.4 Å². The molecule has 144 valence electrons. The van der Waals surface area contributed by atoms with Crippen LogP contribution in [0, 0.1) is 11.3 Å². The first-order valence-electron chi connectivity index (χ1n) is 8.90. The second-order valence-electron chi connectivity index (χ2n) is 6.18. The van der Waals surface area contributed by atoms with Crippen molar-refractivity contribution in [2.45, 2.75) is 6.61 Å². The summed E-state index contributed by atoms with van der Waals surface area (Å²) >= 11 is 0. The average Bonchev–Trinajstić information content (AvgIpc) is 3.16. The van der Waals surface area contributed by atoms with Gasteiger partial charge in [0.25, 0.3) is 0 Å². The number of hydrogen-bond donors (Lipinski definition) is 1. The Morgan fingerprint density at radius 1 is 1.14 bits per heavy atom. The maximum Gasteiger partial charge on any atom is 0.213 e. The number of methoxy groups -OCH3 is 1. The molecular formula is C21H18N6O2. The molecule has 8 nitrogen and oxygen atoms in total. The molecule has 0 radical (unpaired) electrons. The van der Waals surface area contributed by atoms with Crippen LogP contribution in [0.3, 0.4) is 0 Å². The largest absolute Gasteiger partial charge is 0.495 e. The maximum absolute atomic E-state index is 9.10. The zero-order valence-corrected chi connectivity index (χ0v) is 16.0. The molecule has 1 N–H and O–H groups in total. The first-order chi connectivity index (χ1) is 14.2. The number of aromatic nitrogens is 4. The van der Waals surface area contributed by atoms with Gasteiger partial charge >= 0.3 is 0 Å². The van der Waals surface area contributed by atoms with Gasteiger partial charge in [-0.15, -0.1) is 0 Å². The number of nitrogens with one attached hydrogen (secondary N) is 1. The zero-order chi connectivity index (χ0) is 20.2. The highest BCUT2D eigenvalue weighted by molar-refractivity contribution is 5.76. The molecule has 0 aliphatic heterocycles. The fraction of sp³-hybridized carbons (Fsp3) is 0.143. The van der Waals surface area contributed by atoms with E-state index in [-0.39, 0.29) is 0 Å². The SMILES string of the molecule is CNc1c(-c2ccc(OCc3ccc(OC)cn3)nc2)nc2cc(C#N)ccn12. The Bertz CT molecular complexity index is 1180. The highest BCUT2D eigenvalue weighted by Gasteiger charge is 2.14. The lowest BCUT2D eigenvalue weighted by atomic mass is 10.2. The van der Waals surface area contributed by atoms with Crippen molar-refractivity contribution in [3.63, 3.8) is 0 Å². The summed E-state index contributed by atoms with van der Waals surface area (Å²) in [5.74, 6) is 2.02. The molecule has 0 saturated carbocycles. The lowest BCUT2D eigenvalue weighted by molar-refractivity contribution is 0.289. The van der Waals surface area contributed by atoms with Crippen molar-refractivity contribution in [3.8, 4) is 29.0 Å². The van der Waals surface area contributed by atoms with Crippen molar-refractivity contribution in [3.05, 3.63) is 66.2 Å². The van der Waals surface area contributed by atoms with Gasteiger partial charge in [0.1, 0.15) is 29.5 Å². The van der Waals surface area contributed by atoms with Gasteiger partial charge in [-0.05, 0) is 30.3 Å². The van der Waals surface area contributed by atoms with Crippen molar-refractivity contribution < 1.29 is 9.47 Å². The Morgan fingerprint density at radius 2 is 2.03 bits per heavy atom. The highest BCUT2D eigenvalue weighted by atomic mass is 16.5. The Hall–Kier alpha value is -4.12. The molecule has 0 atom stereocenters. The molecule has 0 fully saturated rings. The predicted molar refractivity (Wildman–Crippen MR) is 108 cm³/mol. The molecule has 0 spiro atoms. The third kappa shape index (κ3) is 3.66. The maximum atomic E-state index is 9.10. The number of ether oxygens (including phenoxy) is 2. The molecule has 0 amide bonds. The summed E-state index contributed by atoms with van der Waals surface area (Å²) in [5.41, 5.74) is 3.62. The molecule has 0 unspecified atom stereocenters. The molecule has 0 aliphatic rings. The van der Waals surface area contributed by atoms with Crippen LogP contribution in [0.25, 0.3) is 16.9 Å². The summed E-state index contributed by atoms with van der Waals surface area (Å²) in [6.45, 7) is 0.309. The number of pyridine rings is 3. The summed E-state index contributed by atoms with van der Waals surface area (Å²) in [5, 5.41) is 12.3. The molecule has 4 heterocycles. The van der Waals surface area contributed by atoms with Gasteiger partial charge in [0.05, 0.1) is 30.6 Å². The fourth-order valence-electron chi connectivity index (χ4n) is 2.93. The van der Waals surface area contributed by atoms with Crippen molar-refractivity contribution >= 4 is 11.5 Å². The molecule has 8 heteroatoms. The summed E-state index contributed by atoms with van der Waals surface area (Å²) in [4.78, 5) is 13.3. The summed E-state index contributed by atoms with van der Waals surface area (Å²) < 4.78 is 12.7. The van der Waals surface area contributed by atoms with E-state index in [9.17, 15) is 0 Å². The topological polar surface area (TPSA) is 97.4 Å². The van der Waals surface area contributed by atoms with E-state index >= 15 is 0 Å². The van der Waals surface area contributed by atoms with Gasteiger partial charge in [0, 0.05) is 31.1 Å². The van der Waals surface area contributed by atoms with Gasteiger partial charge in [-0.3, -0.25) is 9.38 Å². The number of imidazole rings is 1. The molecule has 0 saturated heterocycles. The van der Waals surface area contributed by atoms with Crippen molar-refractivity contribution in [1.29, 1.82) is 5.26 Å². The van der Waals surface area contributed by atoms with E-state index in [1.165, 1.54) is 0 Å². The summed E-state index contributed by atoms with van der Waals surface area (Å²) in [7, 11) is 3.43. The second-order valence-corrected chi connectivity index (χ2v) is 6.18. The number of hydrogen-bond acceptors (Lipinski definition) is 7. The normalized spacial score (nSPS) is 10.5. The van der Waals surface area contributed by atoms with Crippen LogP contribution in [0.15, 0.2) is 55.0 Å². The van der Waals surface area contributed by atoms with Crippen LogP contribution in [0.5, 0.6) is 11.6 Å². The smallest absolute Gasteiger partial charge is 0.213 e. The van der Waals surface area contributed by atoms with Gasteiger partial charge in [0.15, 0.2) is 0 Å². The quantitative estimate of drug-likeness (QED) is 0.543. The molecular weight excluding hydrogens is 368 g/mol. The standard InChI is InChI=1S/C21H18N6O2/c1-23-21-20(26-18-9-14(10-22)7-8-27(18)21)15-3-6-19(25-11-15)29-13-16-4-5-17(28-2)12-24-16/h3-9,11-12,23H,13H2,1-2H3. The minimum atomic E-state index is 0.309. The van der Waals surface area contributed by atoms with Crippen molar-refractivity contribution in [2.75, 3.05) is 19.5 Å². The van der Waals surface area contributed by atoms with Gasteiger partial charge in [-0.2, -0.15) is 5.26 Å². The molecule has 0 bridgehead atoms. The van der Waals surface area contributed by atoms with Gasteiger partial charge in [-0.25, -0.2) is 9.97 Å². The predicted octanol–water partition coefficient (Wildman–Crippen LogP) is 3.29. The summed E-state index contributed by atoms with van der Waals surface area (Å²) in [6.07, 6.45) is 5.18. The minimum Gasteiger partial charge on any atom is -0.495 e. The fourth-order valence-corrected chi connectivity index (χ4v) is 2.93. The molecule has 4 aromatic heterocycles. The third-order valence-electron chi connectivity index (χ3n) is 4.40. The van der Waals surface area contributed by atoms with Crippen LogP contribution in [0.4, 0.5) is 5.82 Å². The van der Waals surface area contributed by atoms with Crippen molar-refractivity contribution in [2.24, 2.45) is 0 Å². The molecule has 0 aromatic carbocycles. The van der Waals surface area contributed by atoms with E-state index < -0.39 is 0 Å². The summed E-state index contributed by atoms with van der Waals surface area (Å²) in [6, 6.07) is 13.0. The van der Waals surface area contributed by atoms with E-state index in [0.717, 1.165) is 22.8 Å². The number of rotatable bonds is 6. The van der Waals surface area contributed by atoms with E-state index in [1.54, 1.807) is 37.7 Å². The van der Waals surface area contributed by atoms with Gasteiger partial charge < -0.3 is 14.8 Å². The van der Waals surface area contributed by atoms with E-state index in [0.29, 0.717) is 29.4 Å². The van der Waals surface area contributed by atoms with Crippen LogP contribution < -0.4 is 14.8 Å². The lowest BCUT2D eigenvalue weighted by Gasteiger charge is -2.07. The Labute approximate surface area is 167 Å². The average molecular weight is 386 g/mol. The Morgan fingerprint density at radius 3 is 2.69 bits per heavy atom. The highest BCUT2D eigenvalue weighted by Crippen LogP contribution is 2.29. The van der Waals surface area contributed by atoms with E-state index in [1.807, 2.05) is 35.8 Å². The number of nitriles is 1. The van der Waals surface area contributed by atoms with Crippen LogP contribution in [-0.4, -0.2) is 33.5 Å².